The first-order valence-electron chi connectivity index (χ1n) is 14.7. The minimum atomic E-state index is -2.11. The van der Waals surface area contributed by atoms with Gasteiger partial charge >= 0.3 is 0 Å². The Hall–Kier alpha value is -4.75. The Morgan fingerprint density at radius 1 is 0.432 bits per heavy atom. The predicted octanol–water partition coefficient (Wildman–Crippen LogP) is 5.70. The van der Waals surface area contributed by atoms with E-state index in [9.17, 15) is 0 Å². The van der Waals surface area contributed by atoms with E-state index in [1.807, 2.05) is 10.7 Å². The van der Waals surface area contributed by atoms with Gasteiger partial charge in [-0.3, -0.25) is 0 Å². The van der Waals surface area contributed by atoms with E-state index in [2.05, 4.69) is 176 Å². The summed E-state index contributed by atoms with van der Waals surface area (Å²) in [5, 5.41) is 9.35. The molecule has 1 heterocycles. The van der Waals surface area contributed by atoms with Crippen molar-refractivity contribution in [1.82, 2.24) is 9.78 Å². The molecule has 214 valence electrons. The fourth-order valence-corrected chi connectivity index (χ4v) is 10.2. The van der Waals surface area contributed by atoms with Crippen LogP contribution < -0.4 is 28.3 Å². The fourth-order valence-electron chi connectivity index (χ4n) is 5.96. The molecule has 44 heavy (non-hydrogen) atoms. The molecule has 0 amide bonds. The topological polar surface area (TPSA) is 17.8 Å². The van der Waals surface area contributed by atoms with Gasteiger partial charge < -0.3 is 12.4 Å². The minimum absolute atomic E-state index is 0. The van der Waals surface area contributed by atoms with Crippen molar-refractivity contribution in [3.05, 3.63) is 188 Å². The lowest BCUT2D eigenvalue weighted by molar-refractivity contribution is -0.00000827. The number of aromatic nitrogens is 2. The number of para-hydroxylation sites is 1. The van der Waals surface area contributed by atoms with Crippen LogP contribution >= 0.6 is 7.26 Å². The lowest BCUT2D eigenvalue weighted by Crippen LogP contribution is -3.00. The van der Waals surface area contributed by atoms with Crippen molar-refractivity contribution in [2.24, 2.45) is 0 Å². The molecule has 0 fully saturated rings. The van der Waals surface area contributed by atoms with Crippen molar-refractivity contribution in [3.8, 4) is 28.1 Å². The summed E-state index contributed by atoms with van der Waals surface area (Å²) < 4.78 is 2.05. The highest BCUT2D eigenvalue weighted by molar-refractivity contribution is 7.95. The lowest BCUT2D eigenvalue weighted by atomic mass is 10.0. The number of hydrogen-bond acceptors (Lipinski definition) is 1. The zero-order valence-corrected chi connectivity index (χ0v) is 25.9. The molecule has 7 aromatic rings. The third-order valence-corrected chi connectivity index (χ3v) is 12.4. The molecule has 4 heteroatoms. The third kappa shape index (κ3) is 5.75. The Morgan fingerprint density at radius 2 is 0.818 bits per heavy atom. The van der Waals surface area contributed by atoms with Gasteiger partial charge in [0.05, 0.1) is 11.4 Å². The molecule has 0 N–H and O–H groups in total. The highest BCUT2D eigenvalue weighted by Gasteiger charge is 2.46. The number of halogens is 1. The Kier molecular flexibility index (Phi) is 8.84. The zero-order chi connectivity index (χ0) is 28.9. The van der Waals surface area contributed by atoms with Gasteiger partial charge in [0.25, 0.3) is 0 Å². The molecule has 0 aliphatic carbocycles. The lowest BCUT2D eigenvalue weighted by Gasteiger charge is -2.27. The first-order chi connectivity index (χ1) is 21.3. The van der Waals surface area contributed by atoms with Gasteiger partial charge in [-0.2, -0.15) is 5.10 Å². The second kappa shape index (κ2) is 13.3. The Bertz CT molecular complexity index is 1810. The van der Waals surface area contributed by atoms with Crippen LogP contribution in [-0.4, -0.2) is 9.78 Å². The second-order valence-corrected chi connectivity index (χ2v) is 14.2. The first-order valence-corrected chi connectivity index (χ1v) is 16.6. The van der Waals surface area contributed by atoms with Gasteiger partial charge in [-0.15, -0.1) is 0 Å². The van der Waals surface area contributed by atoms with Crippen LogP contribution in [-0.2, 0) is 6.16 Å². The minimum Gasteiger partial charge on any atom is -1.00 e. The van der Waals surface area contributed by atoms with E-state index >= 15 is 0 Å². The van der Waals surface area contributed by atoms with Gasteiger partial charge in [0.1, 0.15) is 29.3 Å². The van der Waals surface area contributed by atoms with Crippen LogP contribution in [0.4, 0.5) is 0 Å². The van der Waals surface area contributed by atoms with E-state index in [1.54, 1.807) is 0 Å². The molecular formula is C40H32ClN2P. The van der Waals surface area contributed by atoms with E-state index in [0.717, 1.165) is 23.1 Å². The standard InChI is InChI=1S/C40H32N2P.ClH/c1-6-16-32(17-7-1)33-26-28-34(29-27-33)40-35(30-42(41-40)36-18-8-2-9-19-36)31-43(37-20-10-3-11-21-37,38-22-12-4-13-23-38)39-24-14-5-15-25-39;/h1-30H,31H2;1H/q+1;/p-1. The Labute approximate surface area is 266 Å². The average Bonchev–Trinajstić information content (AvgIpc) is 3.53. The van der Waals surface area contributed by atoms with Crippen LogP contribution in [0, 0.1) is 0 Å². The molecule has 0 radical (unpaired) electrons. The van der Waals surface area contributed by atoms with Crippen LogP contribution in [0.5, 0.6) is 0 Å². The maximum absolute atomic E-state index is 5.25. The van der Waals surface area contributed by atoms with E-state index in [1.165, 1.54) is 32.6 Å². The summed E-state index contributed by atoms with van der Waals surface area (Å²) in [6.07, 6.45) is 3.10. The fraction of sp³-hybridized carbons (Fsp3) is 0.0250. The molecule has 1 aromatic heterocycles. The van der Waals surface area contributed by atoms with Crippen LogP contribution in [0.1, 0.15) is 5.56 Å². The Balaban J connectivity index is 0.00000343. The highest BCUT2D eigenvalue weighted by Crippen LogP contribution is 2.59. The van der Waals surface area contributed by atoms with Gasteiger partial charge in [0, 0.05) is 17.3 Å². The maximum atomic E-state index is 5.25. The van der Waals surface area contributed by atoms with E-state index in [4.69, 9.17) is 5.10 Å². The molecule has 7 rings (SSSR count). The quantitative estimate of drug-likeness (QED) is 0.203. The van der Waals surface area contributed by atoms with Crippen molar-refractivity contribution >= 4 is 23.2 Å². The predicted molar refractivity (Wildman–Crippen MR) is 183 cm³/mol. The summed E-state index contributed by atoms with van der Waals surface area (Å²) in [5.74, 6) is 0. The Morgan fingerprint density at radius 3 is 1.30 bits per heavy atom. The van der Waals surface area contributed by atoms with Crippen molar-refractivity contribution in [2.75, 3.05) is 0 Å². The molecule has 0 atom stereocenters. The molecular weight excluding hydrogens is 575 g/mol. The monoisotopic (exact) mass is 606 g/mol. The molecule has 0 unspecified atom stereocenters. The number of hydrogen-bond donors (Lipinski definition) is 0. The summed E-state index contributed by atoms with van der Waals surface area (Å²) >= 11 is 0. The average molecular weight is 607 g/mol. The highest BCUT2D eigenvalue weighted by atomic mass is 35.5. The number of nitrogens with zero attached hydrogens (tertiary/aromatic N) is 2. The molecule has 0 spiro atoms. The summed E-state index contributed by atoms with van der Waals surface area (Å²) in [6.45, 7) is 0. The molecule has 0 saturated heterocycles. The van der Waals surface area contributed by atoms with Crippen molar-refractivity contribution in [1.29, 1.82) is 0 Å². The van der Waals surface area contributed by atoms with E-state index < -0.39 is 7.26 Å². The summed E-state index contributed by atoms with van der Waals surface area (Å²) in [7, 11) is -2.11. The van der Waals surface area contributed by atoms with Crippen molar-refractivity contribution < 1.29 is 12.4 Å². The molecule has 0 aliphatic rings. The van der Waals surface area contributed by atoms with Crippen molar-refractivity contribution in [3.63, 3.8) is 0 Å². The van der Waals surface area contributed by atoms with Crippen LogP contribution in [0.25, 0.3) is 28.1 Å². The van der Waals surface area contributed by atoms with Crippen LogP contribution in [0.15, 0.2) is 182 Å². The van der Waals surface area contributed by atoms with Gasteiger partial charge in [-0.25, -0.2) is 4.68 Å². The van der Waals surface area contributed by atoms with E-state index in [-0.39, 0.29) is 12.4 Å². The SMILES string of the molecule is [Cl-].c1ccc(-c2ccc(-c3nn(-c4ccccc4)cc3C[P+](c3ccccc3)(c3ccccc3)c3ccccc3)cc2)cc1. The largest absolute Gasteiger partial charge is 1.00 e. The number of benzene rings is 6. The molecule has 2 nitrogen and oxygen atoms in total. The van der Waals surface area contributed by atoms with Gasteiger partial charge in [-0.05, 0) is 59.7 Å². The molecule has 0 bridgehead atoms. The molecule has 6 aromatic carbocycles. The third-order valence-electron chi connectivity index (χ3n) is 8.07. The summed E-state index contributed by atoms with van der Waals surface area (Å²) in [6, 6.07) is 63.1. The van der Waals surface area contributed by atoms with Gasteiger partial charge in [0.2, 0.25) is 0 Å². The summed E-state index contributed by atoms with van der Waals surface area (Å²) in [4.78, 5) is 0. The first kappa shape index (κ1) is 29.3. The normalized spacial score (nSPS) is 11.1. The molecule has 0 aliphatic heterocycles. The van der Waals surface area contributed by atoms with E-state index in [0.29, 0.717) is 0 Å². The molecule has 0 saturated carbocycles. The summed E-state index contributed by atoms with van der Waals surface area (Å²) in [5.41, 5.74) is 6.85. The number of rotatable bonds is 8. The smallest absolute Gasteiger partial charge is 0.116 e. The second-order valence-electron chi connectivity index (χ2n) is 10.7. The van der Waals surface area contributed by atoms with Crippen LogP contribution in [0.3, 0.4) is 0 Å². The van der Waals surface area contributed by atoms with Crippen molar-refractivity contribution in [2.45, 2.75) is 6.16 Å². The maximum Gasteiger partial charge on any atom is 0.116 e. The van der Waals surface area contributed by atoms with Gasteiger partial charge in [0.15, 0.2) is 0 Å². The zero-order valence-electron chi connectivity index (χ0n) is 24.2. The van der Waals surface area contributed by atoms with Gasteiger partial charge in [-0.1, -0.05) is 127 Å². The van der Waals surface area contributed by atoms with Crippen LogP contribution in [0.2, 0.25) is 0 Å².